The number of rotatable bonds is 2. The fraction of sp³-hybridized carbons (Fsp3) is 0.562. The van der Waals surface area contributed by atoms with Crippen LogP contribution < -0.4 is 0 Å². The van der Waals surface area contributed by atoms with Crippen molar-refractivity contribution < 1.29 is 13.6 Å². The number of carbonyl (C=O) groups is 1. The average molecular weight is 281 g/mol. The highest BCUT2D eigenvalue weighted by molar-refractivity contribution is 5.94. The van der Waals surface area contributed by atoms with Gasteiger partial charge in [-0.05, 0) is 43.2 Å². The average Bonchev–Trinajstić information content (AvgIpc) is 2.64. The summed E-state index contributed by atoms with van der Waals surface area (Å²) in [7, 11) is 0. The van der Waals surface area contributed by atoms with Crippen molar-refractivity contribution in [2.75, 3.05) is 13.1 Å². The summed E-state index contributed by atoms with van der Waals surface area (Å²) in [6.45, 7) is 5.52. The second kappa shape index (κ2) is 6.33. The van der Waals surface area contributed by atoms with Crippen molar-refractivity contribution in [2.24, 2.45) is 11.8 Å². The zero-order valence-electron chi connectivity index (χ0n) is 12.0. The summed E-state index contributed by atoms with van der Waals surface area (Å²) in [4.78, 5) is 13.9. The van der Waals surface area contributed by atoms with Crippen molar-refractivity contribution in [1.29, 1.82) is 0 Å². The minimum atomic E-state index is -0.778. The largest absolute Gasteiger partial charge is 0.338 e. The van der Waals surface area contributed by atoms with Crippen molar-refractivity contribution in [2.45, 2.75) is 33.1 Å². The van der Waals surface area contributed by atoms with Gasteiger partial charge in [0.1, 0.15) is 17.2 Å². The lowest BCUT2D eigenvalue weighted by Crippen LogP contribution is -2.33. The minimum Gasteiger partial charge on any atom is -0.338 e. The van der Waals surface area contributed by atoms with E-state index in [0.717, 1.165) is 31.4 Å². The maximum atomic E-state index is 13.7. The maximum Gasteiger partial charge on any atom is 0.259 e. The van der Waals surface area contributed by atoms with Crippen LogP contribution in [0.3, 0.4) is 0 Å². The second-order valence-electron chi connectivity index (χ2n) is 5.82. The van der Waals surface area contributed by atoms with Crippen molar-refractivity contribution in [1.82, 2.24) is 4.90 Å². The molecule has 1 amide bonds. The van der Waals surface area contributed by atoms with E-state index >= 15 is 0 Å². The van der Waals surface area contributed by atoms with E-state index in [1.54, 1.807) is 4.90 Å². The first-order chi connectivity index (χ1) is 9.50. The van der Waals surface area contributed by atoms with Crippen molar-refractivity contribution in [3.8, 4) is 0 Å². The second-order valence-corrected chi connectivity index (χ2v) is 5.82. The first kappa shape index (κ1) is 14.9. The Balaban J connectivity index is 2.14. The molecule has 1 aromatic rings. The lowest BCUT2D eigenvalue weighted by atomic mass is 9.89. The first-order valence-electron chi connectivity index (χ1n) is 7.24. The molecular weight excluding hydrogens is 260 g/mol. The molecule has 0 aliphatic carbocycles. The maximum absolute atomic E-state index is 13.7. The Bertz CT molecular complexity index is 467. The SMILES string of the molecule is CC(C)C1CCCN(C(=O)c2c(F)cccc2F)CC1. The van der Waals surface area contributed by atoms with E-state index in [0.29, 0.717) is 24.9 Å². The summed E-state index contributed by atoms with van der Waals surface area (Å²) in [5, 5.41) is 0. The minimum absolute atomic E-state index is 0.421. The fourth-order valence-electron chi connectivity index (χ4n) is 2.85. The van der Waals surface area contributed by atoms with E-state index in [-0.39, 0.29) is 0 Å². The molecule has 0 spiro atoms. The fourth-order valence-corrected chi connectivity index (χ4v) is 2.85. The predicted octanol–water partition coefficient (Wildman–Crippen LogP) is 3.86. The Morgan fingerprint density at radius 2 is 1.85 bits per heavy atom. The van der Waals surface area contributed by atoms with Crippen LogP contribution in [0, 0.1) is 23.5 Å². The van der Waals surface area contributed by atoms with Gasteiger partial charge >= 0.3 is 0 Å². The summed E-state index contributed by atoms with van der Waals surface area (Å²) in [5.74, 6) is -0.919. The molecule has 0 bridgehead atoms. The molecule has 0 saturated carbocycles. The Kier molecular flexibility index (Phi) is 4.73. The molecule has 1 atom stereocenters. The molecule has 1 fully saturated rings. The Morgan fingerprint density at radius 1 is 1.20 bits per heavy atom. The van der Waals surface area contributed by atoms with Gasteiger partial charge in [0.15, 0.2) is 0 Å². The summed E-state index contributed by atoms with van der Waals surface area (Å²) < 4.78 is 27.3. The molecule has 110 valence electrons. The van der Waals surface area contributed by atoms with Crippen LogP contribution in [0.15, 0.2) is 18.2 Å². The normalized spacial score (nSPS) is 20.1. The van der Waals surface area contributed by atoms with E-state index in [4.69, 9.17) is 0 Å². The number of hydrogen-bond donors (Lipinski definition) is 0. The van der Waals surface area contributed by atoms with Crippen LogP contribution in [0.5, 0.6) is 0 Å². The molecule has 1 aliphatic heterocycles. The standard InChI is InChI=1S/C16H21F2NO/c1-11(2)12-5-4-9-19(10-8-12)16(20)15-13(17)6-3-7-14(15)18/h3,6-7,11-12H,4-5,8-10H2,1-2H3. The van der Waals surface area contributed by atoms with Gasteiger partial charge < -0.3 is 4.90 Å². The van der Waals surface area contributed by atoms with Gasteiger partial charge in [-0.15, -0.1) is 0 Å². The monoisotopic (exact) mass is 281 g/mol. The Hall–Kier alpha value is -1.45. The van der Waals surface area contributed by atoms with Crippen molar-refractivity contribution >= 4 is 5.91 Å². The highest BCUT2D eigenvalue weighted by atomic mass is 19.1. The molecule has 20 heavy (non-hydrogen) atoms. The molecule has 0 N–H and O–H groups in total. The number of hydrogen-bond acceptors (Lipinski definition) is 1. The van der Waals surface area contributed by atoms with Crippen molar-refractivity contribution in [3.63, 3.8) is 0 Å². The Morgan fingerprint density at radius 3 is 2.45 bits per heavy atom. The third-order valence-corrected chi connectivity index (χ3v) is 4.18. The van der Waals surface area contributed by atoms with Crippen molar-refractivity contribution in [3.05, 3.63) is 35.4 Å². The van der Waals surface area contributed by atoms with E-state index in [1.807, 2.05) is 0 Å². The van der Waals surface area contributed by atoms with Crippen LogP contribution in [-0.2, 0) is 0 Å². The highest BCUT2D eigenvalue weighted by Crippen LogP contribution is 2.26. The molecule has 4 heteroatoms. The van der Waals surface area contributed by atoms with E-state index in [1.165, 1.54) is 6.07 Å². The predicted molar refractivity (Wildman–Crippen MR) is 74.4 cm³/mol. The summed E-state index contributed by atoms with van der Waals surface area (Å²) >= 11 is 0. The van der Waals surface area contributed by atoms with Gasteiger partial charge in [-0.25, -0.2) is 8.78 Å². The molecule has 0 radical (unpaired) electrons. The summed E-state index contributed by atoms with van der Waals surface area (Å²) in [6, 6.07) is 3.54. The van der Waals surface area contributed by atoms with Gasteiger partial charge in [0.05, 0.1) is 0 Å². The van der Waals surface area contributed by atoms with Crippen LogP contribution >= 0.6 is 0 Å². The number of carbonyl (C=O) groups excluding carboxylic acids is 1. The lowest BCUT2D eigenvalue weighted by molar-refractivity contribution is 0.0749. The quantitative estimate of drug-likeness (QED) is 0.806. The van der Waals surface area contributed by atoms with Gasteiger partial charge in [0.2, 0.25) is 0 Å². The molecule has 1 unspecified atom stereocenters. The van der Waals surface area contributed by atoms with E-state index < -0.39 is 23.1 Å². The molecule has 2 rings (SSSR count). The van der Waals surface area contributed by atoms with E-state index in [9.17, 15) is 13.6 Å². The number of halogens is 2. The van der Waals surface area contributed by atoms with Gasteiger partial charge in [0.25, 0.3) is 5.91 Å². The summed E-state index contributed by atoms with van der Waals surface area (Å²) in [6.07, 6.45) is 2.87. The van der Waals surface area contributed by atoms with Crippen LogP contribution in [-0.4, -0.2) is 23.9 Å². The molecule has 0 aromatic heterocycles. The lowest BCUT2D eigenvalue weighted by Gasteiger charge is -2.22. The zero-order chi connectivity index (χ0) is 14.7. The van der Waals surface area contributed by atoms with Crippen LogP contribution in [0.25, 0.3) is 0 Å². The Labute approximate surface area is 118 Å². The number of benzene rings is 1. The van der Waals surface area contributed by atoms with Crippen LogP contribution in [0.1, 0.15) is 43.5 Å². The number of likely N-dealkylation sites (tertiary alicyclic amines) is 1. The smallest absolute Gasteiger partial charge is 0.259 e. The van der Waals surface area contributed by atoms with E-state index in [2.05, 4.69) is 13.8 Å². The number of nitrogens with zero attached hydrogens (tertiary/aromatic N) is 1. The molecule has 1 aromatic carbocycles. The van der Waals surface area contributed by atoms with Gasteiger partial charge in [-0.1, -0.05) is 19.9 Å². The number of amides is 1. The first-order valence-corrected chi connectivity index (χ1v) is 7.24. The zero-order valence-corrected chi connectivity index (χ0v) is 12.0. The highest BCUT2D eigenvalue weighted by Gasteiger charge is 2.26. The molecule has 1 heterocycles. The van der Waals surface area contributed by atoms with Crippen LogP contribution in [0.4, 0.5) is 8.78 Å². The van der Waals surface area contributed by atoms with Crippen LogP contribution in [0.2, 0.25) is 0 Å². The van der Waals surface area contributed by atoms with Gasteiger partial charge in [0, 0.05) is 13.1 Å². The molecule has 1 aliphatic rings. The summed E-state index contributed by atoms with van der Waals surface area (Å²) in [5.41, 5.74) is -0.421. The van der Waals surface area contributed by atoms with Gasteiger partial charge in [-0.2, -0.15) is 0 Å². The molecule has 1 saturated heterocycles. The van der Waals surface area contributed by atoms with Gasteiger partial charge in [-0.3, -0.25) is 4.79 Å². The third kappa shape index (κ3) is 3.17. The third-order valence-electron chi connectivity index (χ3n) is 4.18. The topological polar surface area (TPSA) is 20.3 Å². The molecular formula is C16H21F2NO. The molecule has 2 nitrogen and oxygen atoms in total.